The van der Waals surface area contributed by atoms with Gasteiger partial charge in [0.05, 0.1) is 30.9 Å². The number of rotatable bonds is 11. The van der Waals surface area contributed by atoms with Gasteiger partial charge in [-0.2, -0.15) is 0 Å². The van der Waals surface area contributed by atoms with Crippen LogP contribution in [0.5, 0.6) is 17.2 Å². The van der Waals surface area contributed by atoms with Gasteiger partial charge in [-0.1, -0.05) is 12.1 Å². The van der Waals surface area contributed by atoms with Gasteiger partial charge in [-0.15, -0.1) is 0 Å². The summed E-state index contributed by atoms with van der Waals surface area (Å²) in [5.41, 5.74) is 1.91. The number of ether oxygens (including phenoxy) is 4. The molecule has 1 aliphatic rings. The Morgan fingerprint density at radius 3 is 2.32 bits per heavy atom. The van der Waals surface area contributed by atoms with Gasteiger partial charge in [0.2, 0.25) is 5.78 Å². The molecule has 2 aromatic rings. The number of fused-ring (bicyclic) bond motifs is 1. The van der Waals surface area contributed by atoms with Gasteiger partial charge in [0.25, 0.3) is 0 Å². The summed E-state index contributed by atoms with van der Waals surface area (Å²) in [6.45, 7) is 5.66. The summed E-state index contributed by atoms with van der Waals surface area (Å²) in [5.74, 6) is 1.35. The Morgan fingerprint density at radius 2 is 1.71 bits per heavy atom. The first kappa shape index (κ1) is 22.8. The minimum Gasteiger partial charge on any atom is -0.507 e. The number of carbonyl (C=O) groups is 1. The molecule has 31 heavy (non-hydrogen) atoms. The zero-order chi connectivity index (χ0) is 22.2. The minimum absolute atomic E-state index is 0.112. The summed E-state index contributed by atoms with van der Waals surface area (Å²) in [5, 5.41) is 10.5. The van der Waals surface area contributed by atoms with Gasteiger partial charge >= 0.3 is 0 Å². The molecule has 7 heteroatoms. The van der Waals surface area contributed by atoms with Crippen molar-refractivity contribution in [2.24, 2.45) is 0 Å². The molecule has 3 rings (SSSR count). The van der Waals surface area contributed by atoms with Crippen molar-refractivity contribution in [2.45, 2.75) is 13.5 Å². The molecule has 0 spiro atoms. The molecule has 0 fully saturated rings. The zero-order valence-electron chi connectivity index (χ0n) is 18.3. The van der Waals surface area contributed by atoms with Crippen molar-refractivity contribution < 1.29 is 33.7 Å². The van der Waals surface area contributed by atoms with Crippen LogP contribution in [-0.4, -0.2) is 58.0 Å². The quantitative estimate of drug-likeness (QED) is 0.534. The predicted molar refractivity (Wildman–Crippen MR) is 117 cm³/mol. The third-order valence-corrected chi connectivity index (χ3v) is 5.15. The van der Waals surface area contributed by atoms with Gasteiger partial charge < -0.3 is 29.0 Å². The predicted octanol–water partition coefficient (Wildman–Crippen LogP) is 2.08. The van der Waals surface area contributed by atoms with Gasteiger partial charge in [0.1, 0.15) is 31.1 Å². The first-order valence-corrected chi connectivity index (χ1v) is 10.4. The summed E-state index contributed by atoms with van der Waals surface area (Å²) in [6.07, 6.45) is 1.71. The van der Waals surface area contributed by atoms with Crippen LogP contribution < -0.4 is 14.4 Å². The number of hydrogen-bond acceptors (Lipinski definition) is 6. The highest BCUT2D eigenvalue weighted by atomic mass is 16.5. The fraction of sp³-hybridized carbons (Fsp3) is 0.375. The van der Waals surface area contributed by atoms with Crippen molar-refractivity contribution >= 4 is 11.9 Å². The van der Waals surface area contributed by atoms with E-state index in [9.17, 15) is 9.90 Å². The van der Waals surface area contributed by atoms with Crippen LogP contribution in [0.1, 0.15) is 28.4 Å². The zero-order valence-corrected chi connectivity index (χ0v) is 18.3. The Balaban J connectivity index is 1.84. The van der Waals surface area contributed by atoms with Crippen molar-refractivity contribution in [1.82, 2.24) is 0 Å². The van der Waals surface area contributed by atoms with Crippen molar-refractivity contribution in [3.8, 4) is 17.2 Å². The van der Waals surface area contributed by atoms with E-state index in [-0.39, 0.29) is 17.3 Å². The van der Waals surface area contributed by atoms with E-state index < -0.39 is 0 Å². The van der Waals surface area contributed by atoms with Crippen LogP contribution in [-0.2, 0) is 16.0 Å². The first-order valence-electron chi connectivity index (χ1n) is 10.4. The molecule has 0 aromatic heterocycles. The van der Waals surface area contributed by atoms with Crippen molar-refractivity contribution in [3.05, 3.63) is 58.8 Å². The SMILES string of the molecule is CCOc1ccc(/C=C2/Oc3c(ccc(O)c3C[NH+](CCOC)CCOC)C2=O)cc1. The molecule has 0 unspecified atom stereocenters. The Hall–Kier alpha value is -2.87. The van der Waals surface area contributed by atoms with Crippen molar-refractivity contribution in [2.75, 3.05) is 47.1 Å². The van der Waals surface area contributed by atoms with E-state index in [1.165, 1.54) is 0 Å². The second-order valence-electron chi connectivity index (χ2n) is 7.29. The standard InChI is InChI=1S/C24H29NO6/c1-4-30-18-7-5-17(6-8-18)15-22-23(27)19-9-10-21(26)20(24(19)31-22)16-25(11-13-28-2)12-14-29-3/h5-10,15,26H,4,11-14,16H2,1-3H3/p+1/b22-15+. The molecule has 0 amide bonds. The number of methoxy groups -OCH3 is 2. The summed E-state index contributed by atoms with van der Waals surface area (Å²) in [7, 11) is 3.32. The van der Waals surface area contributed by atoms with E-state index in [1.54, 1.807) is 32.4 Å². The molecule has 0 aliphatic carbocycles. The van der Waals surface area contributed by atoms with Crippen molar-refractivity contribution in [3.63, 3.8) is 0 Å². The molecule has 0 saturated heterocycles. The Labute approximate surface area is 182 Å². The van der Waals surface area contributed by atoms with Gasteiger partial charge in [-0.3, -0.25) is 4.79 Å². The lowest BCUT2D eigenvalue weighted by molar-refractivity contribution is -0.914. The summed E-state index contributed by atoms with van der Waals surface area (Å²) in [6, 6.07) is 10.6. The average Bonchev–Trinajstić information content (AvgIpc) is 3.08. The Morgan fingerprint density at radius 1 is 1.03 bits per heavy atom. The van der Waals surface area contributed by atoms with Crippen LogP contribution in [0.4, 0.5) is 0 Å². The van der Waals surface area contributed by atoms with Gasteiger partial charge in [0, 0.05) is 14.2 Å². The molecule has 0 bridgehead atoms. The number of carbonyl (C=O) groups excluding carboxylic acids is 1. The Bertz CT molecular complexity index is 914. The lowest BCUT2D eigenvalue weighted by Crippen LogP contribution is -3.11. The van der Waals surface area contributed by atoms with Gasteiger partial charge in [0.15, 0.2) is 11.5 Å². The average molecular weight is 429 g/mol. The minimum atomic E-state index is -0.194. The van der Waals surface area contributed by atoms with Crippen LogP contribution in [0.25, 0.3) is 6.08 Å². The third-order valence-electron chi connectivity index (χ3n) is 5.15. The lowest BCUT2D eigenvalue weighted by atomic mass is 10.0. The maximum atomic E-state index is 12.9. The molecule has 2 aromatic carbocycles. The number of phenols is 1. The molecule has 0 radical (unpaired) electrons. The molecule has 1 heterocycles. The molecule has 1 aliphatic heterocycles. The highest BCUT2D eigenvalue weighted by Gasteiger charge is 2.32. The van der Waals surface area contributed by atoms with E-state index in [4.69, 9.17) is 18.9 Å². The second kappa shape index (κ2) is 10.9. The fourth-order valence-electron chi connectivity index (χ4n) is 3.49. The summed E-state index contributed by atoms with van der Waals surface area (Å²) >= 11 is 0. The lowest BCUT2D eigenvalue weighted by Gasteiger charge is -2.20. The third kappa shape index (κ3) is 5.64. The van der Waals surface area contributed by atoms with E-state index in [0.29, 0.717) is 43.2 Å². The number of hydrogen-bond donors (Lipinski definition) is 2. The monoisotopic (exact) mass is 428 g/mol. The number of aromatic hydroxyl groups is 1. The molecule has 0 atom stereocenters. The number of benzene rings is 2. The number of nitrogens with one attached hydrogen (secondary N) is 1. The van der Waals surface area contributed by atoms with E-state index >= 15 is 0 Å². The number of ketones is 1. The van der Waals surface area contributed by atoms with Crippen LogP contribution in [0.2, 0.25) is 0 Å². The number of phenolic OH excluding ortho intramolecular Hbond substituents is 1. The second-order valence-corrected chi connectivity index (χ2v) is 7.29. The molecule has 2 N–H and O–H groups in total. The summed E-state index contributed by atoms with van der Waals surface area (Å²) < 4.78 is 21.8. The van der Waals surface area contributed by atoms with Crippen molar-refractivity contribution in [1.29, 1.82) is 0 Å². The maximum Gasteiger partial charge on any atom is 0.231 e. The molecule has 0 saturated carbocycles. The molecule has 166 valence electrons. The summed E-state index contributed by atoms with van der Waals surface area (Å²) in [4.78, 5) is 14.1. The van der Waals surface area contributed by atoms with Crippen LogP contribution >= 0.6 is 0 Å². The number of allylic oxidation sites excluding steroid dienone is 1. The van der Waals surface area contributed by atoms with Crippen LogP contribution in [0.15, 0.2) is 42.2 Å². The fourth-order valence-corrected chi connectivity index (χ4v) is 3.49. The first-order chi connectivity index (χ1) is 15.1. The van der Waals surface area contributed by atoms with E-state index in [1.807, 2.05) is 31.2 Å². The highest BCUT2D eigenvalue weighted by Crippen LogP contribution is 2.39. The molecule has 7 nitrogen and oxygen atoms in total. The Kier molecular flexibility index (Phi) is 8.06. The maximum absolute atomic E-state index is 12.9. The van der Waals surface area contributed by atoms with Crippen LogP contribution in [0, 0.1) is 0 Å². The number of Topliss-reactive ketones (excluding diaryl/α,β-unsaturated/α-hetero) is 1. The smallest absolute Gasteiger partial charge is 0.231 e. The molecular formula is C24H30NO6+. The molecular weight excluding hydrogens is 398 g/mol. The number of quaternary nitrogens is 1. The highest BCUT2D eigenvalue weighted by molar-refractivity contribution is 6.14. The van der Waals surface area contributed by atoms with E-state index in [2.05, 4.69) is 0 Å². The van der Waals surface area contributed by atoms with Gasteiger partial charge in [-0.05, 0) is 42.8 Å². The topological polar surface area (TPSA) is 78.7 Å². The normalized spacial score (nSPS) is 14.2. The van der Waals surface area contributed by atoms with Gasteiger partial charge in [-0.25, -0.2) is 0 Å². The van der Waals surface area contributed by atoms with Crippen LogP contribution in [0.3, 0.4) is 0 Å². The van der Waals surface area contributed by atoms with E-state index in [0.717, 1.165) is 29.3 Å². The largest absolute Gasteiger partial charge is 0.507 e.